The summed E-state index contributed by atoms with van der Waals surface area (Å²) in [5, 5.41) is 5.66. The van der Waals surface area contributed by atoms with Crippen molar-refractivity contribution in [2.24, 2.45) is 0 Å². The van der Waals surface area contributed by atoms with Gasteiger partial charge >= 0.3 is 0 Å². The van der Waals surface area contributed by atoms with Gasteiger partial charge in [-0.15, -0.1) is 0 Å². The summed E-state index contributed by atoms with van der Waals surface area (Å²) in [6.45, 7) is 3.70. The zero-order chi connectivity index (χ0) is 23.5. The Balaban J connectivity index is 1.76. The molecule has 0 aromatic heterocycles. The van der Waals surface area contributed by atoms with Crippen LogP contribution in [0.2, 0.25) is 0 Å². The molecule has 5 nitrogen and oxygen atoms in total. The lowest BCUT2D eigenvalue weighted by Gasteiger charge is -2.30. The second-order valence-electron chi connectivity index (χ2n) is 8.26. The maximum absolute atomic E-state index is 13.6. The second kappa shape index (κ2) is 10.3. The lowest BCUT2D eigenvalue weighted by Crippen LogP contribution is -2.47. The van der Waals surface area contributed by atoms with Gasteiger partial charge in [0, 0.05) is 36.9 Å². The molecule has 0 saturated carbocycles. The van der Waals surface area contributed by atoms with Gasteiger partial charge in [0.25, 0.3) is 0 Å². The summed E-state index contributed by atoms with van der Waals surface area (Å²) in [6.07, 6.45) is 1.03. The topological polar surface area (TPSA) is 75.3 Å². The fourth-order valence-electron chi connectivity index (χ4n) is 4.06. The van der Waals surface area contributed by atoms with E-state index in [4.69, 9.17) is 0 Å². The minimum absolute atomic E-state index is 0.0203. The molecule has 0 spiro atoms. The van der Waals surface area contributed by atoms with Crippen molar-refractivity contribution in [2.75, 3.05) is 12.3 Å². The predicted octanol–water partition coefficient (Wildman–Crippen LogP) is 3.13. The molecule has 2 N–H and O–H groups in total. The van der Waals surface area contributed by atoms with E-state index in [1.54, 1.807) is 0 Å². The van der Waals surface area contributed by atoms with E-state index in [1.807, 2.05) is 25.1 Å². The molecule has 3 atom stereocenters. The number of carbonyl (C=O) groups excluding carboxylic acids is 1. The average molecular weight is 483 g/mol. The van der Waals surface area contributed by atoms with Crippen LogP contribution < -0.4 is 10.6 Å². The van der Waals surface area contributed by atoms with Gasteiger partial charge in [0.15, 0.2) is 9.84 Å². The lowest BCUT2D eigenvalue weighted by molar-refractivity contribution is -0.119. The van der Waals surface area contributed by atoms with Crippen molar-refractivity contribution in [2.45, 2.75) is 49.8 Å². The van der Waals surface area contributed by atoms with Crippen LogP contribution in [0.5, 0.6) is 0 Å². The number of halogens is 2. The van der Waals surface area contributed by atoms with Gasteiger partial charge in [-0.05, 0) is 47.2 Å². The normalized spacial score (nSPS) is 19.1. The number of aryl methyl sites for hydroxylation is 1. The minimum Gasteiger partial charge on any atom is -0.352 e. The highest BCUT2D eigenvalue weighted by Gasteiger charge is 2.31. The smallest absolute Gasteiger partial charge is 0.217 e. The van der Waals surface area contributed by atoms with Gasteiger partial charge in [-0.1, -0.05) is 25.1 Å². The van der Waals surface area contributed by atoms with Gasteiger partial charge in [0.1, 0.15) is 11.6 Å². The highest BCUT2D eigenvalue weighted by atomic mass is 32.2. The molecule has 174 valence electrons. The van der Waals surface area contributed by atoms with Gasteiger partial charge in [0.05, 0.1) is 11.5 Å². The Hall–Kier alpha value is -1.97. The number of amides is 1. The van der Waals surface area contributed by atoms with Crippen LogP contribution in [0.3, 0.4) is 0 Å². The monoisotopic (exact) mass is 482 g/mol. The van der Waals surface area contributed by atoms with E-state index in [-0.39, 0.29) is 23.8 Å². The third kappa shape index (κ3) is 6.52. The SMILES string of the molecule is CCc1ccc2c(c1)C(NCC(S)[C@H](Cc1cc(F)cc(F)c1)NC(C)=O)CS(=O)(=O)C2. The molecule has 0 radical (unpaired) electrons. The van der Waals surface area contributed by atoms with Crippen LogP contribution in [-0.4, -0.2) is 37.9 Å². The number of sulfone groups is 1. The van der Waals surface area contributed by atoms with Crippen LogP contribution in [0.25, 0.3) is 0 Å². The highest BCUT2D eigenvalue weighted by molar-refractivity contribution is 7.90. The molecule has 1 aliphatic rings. The van der Waals surface area contributed by atoms with E-state index < -0.39 is 38.8 Å². The Bertz CT molecular complexity index is 1070. The molecule has 1 amide bonds. The summed E-state index contributed by atoms with van der Waals surface area (Å²) in [5.41, 5.74) is 3.28. The van der Waals surface area contributed by atoms with E-state index in [1.165, 1.54) is 19.1 Å². The van der Waals surface area contributed by atoms with E-state index in [0.29, 0.717) is 12.1 Å². The molecule has 32 heavy (non-hydrogen) atoms. The summed E-state index contributed by atoms with van der Waals surface area (Å²) in [7, 11) is -3.25. The number of carbonyl (C=O) groups is 1. The van der Waals surface area contributed by atoms with Crippen molar-refractivity contribution in [3.63, 3.8) is 0 Å². The Labute approximate surface area is 193 Å². The fourth-order valence-corrected chi connectivity index (χ4v) is 6.01. The summed E-state index contributed by atoms with van der Waals surface area (Å²) < 4.78 is 52.0. The second-order valence-corrected chi connectivity index (χ2v) is 11.0. The van der Waals surface area contributed by atoms with Crippen molar-refractivity contribution in [1.82, 2.24) is 10.6 Å². The van der Waals surface area contributed by atoms with Crippen LogP contribution in [0.1, 0.15) is 42.1 Å². The number of hydrogen-bond donors (Lipinski definition) is 3. The molecule has 3 rings (SSSR count). The molecule has 0 bridgehead atoms. The Morgan fingerprint density at radius 1 is 1.16 bits per heavy atom. The first-order valence-corrected chi connectivity index (χ1v) is 12.9. The molecular formula is C23H28F2N2O3S2. The first kappa shape index (κ1) is 24.7. The quantitative estimate of drug-likeness (QED) is 0.506. The zero-order valence-corrected chi connectivity index (χ0v) is 19.8. The van der Waals surface area contributed by atoms with Crippen molar-refractivity contribution >= 4 is 28.4 Å². The minimum atomic E-state index is -3.25. The van der Waals surface area contributed by atoms with Gasteiger partial charge in [-0.3, -0.25) is 4.79 Å². The van der Waals surface area contributed by atoms with Crippen molar-refractivity contribution in [3.05, 3.63) is 70.3 Å². The van der Waals surface area contributed by atoms with Gasteiger partial charge < -0.3 is 10.6 Å². The molecule has 9 heteroatoms. The summed E-state index contributed by atoms with van der Waals surface area (Å²) in [4.78, 5) is 11.7. The maximum Gasteiger partial charge on any atom is 0.217 e. The van der Waals surface area contributed by atoms with Gasteiger partial charge in [0.2, 0.25) is 5.91 Å². The highest BCUT2D eigenvalue weighted by Crippen LogP contribution is 2.29. The van der Waals surface area contributed by atoms with Crippen LogP contribution >= 0.6 is 12.6 Å². The Kier molecular flexibility index (Phi) is 7.95. The van der Waals surface area contributed by atoms with Gasteiger partial charge in [-0.25, -0.2) is 17.2 Å². The number of fused-ring (bicyclic) bond motifs is 1. The fraction of sp³-hybridized carbons (Fsp3) is 0.435. The molecule has 1 aliphatic heterocycles. The number of nitrogens with one attached hydrogen (secondary N) is 2. The van der Waals surface area contributed by atoms with Crippen LogP contribution in [0.15, 0.2) is 36.4 Å². The van der Waals surface area contributed by atoms with Crippen LogP contribution in [0, 0.1) is 11.6 Å². The van der Waals surface area contributed by atoms with E-state index in [9.17, 15) is 22.0 Å². The van der Waals surface area contributed by atoms with E-state index >= 15 is 0 Å². The van der Waals surface area contributed by atoms with Crippen LogP contribution in [-0.2, 0) is 33.2 Å². The molecular weight excluding hydrogens is 454 g/mol. The van der Waals surface area contributed by atoms with Crippen molar-refractivity contribution < 1.29 is 22.0 Å². The molecule has 2 aromatic carbocycles. The Morgan fingerprint density at radius 3 is 2.47 bits per heavy atom. The molecule has 2 unspecified atom stereocenters. The summed E-state index contributed by atoms with van der Waals surface area (Å²) in [6, 6.07) is 8.20. The number of benzene rings is 2. The molecule has 1 heterocycles. The van der Waals surface area contributed by atoms with Crippen LogP contribution in [0.4, 0.5) is 8.78 Å². The van der Waals surface area contributed by atoms with E-state index in [0.717, 1.165) is 29.2 Å². The largest absolute Gasteiger partial charge is 0.352 e. The zero-order valence-electron chi connectivity index (χ0n) is 18.1. The van der Waals surface area contributed by atoms with E-state index in [2.05, 4.69) is 23.3 Å². The van der Waals surface area contributed by atoms with Gasteiger partial charge in [-0.2, -0.15) is 12.6 Å². The third-order valence-electron chi connectivity index (χ3n) is 5.59. The molecule has 2 aromatic rings. The number of hydrogen-bond acceptors (Lipinski definition) is 5. The number of rotatable bonds is 8. The first-order valence-electron chi connectivity index (χ1n) is 10.5. The lowest BCUT2D eigenvalue weighted by atomic mass is 9.97. The molecule has 0 fully saturated rings. The summed E-state index contributed by atoms with van der Waals surface area (Å²) in [5.74, 6) is -1.66. The Morgan fingerprint density at radius 2 is 1.84 bits per heavy atom. The average Bonchev–Trinajstić information content (AvgIpc) is 2.69. The standard InChI is InChI=1S/C23H28F2N2O3S2/c1-3-15-4-5-17-12-32(29,30)13-22(20(17)8-15)26-11-23(31)21(27-14(2)28)9-16-6-18(24)10-19(25)7-16/h4-8,10,21-23,26,31H,3,9,11-13H2,1-2H3,(H,27,28)/t21-,22?,23?/m0/s1. The maximum atomic E-state index is 13.6. The summed E-state index contributed by atoms with van der Waals surface area (Å²) >= 11 is 4.62. The number of thiol groups is 1. The van der Waals surface area contributed by atoms with Crippen molar-refractivity contribution in [3.8, 4) is 0 Å². The third-order valence-corrected chi connectivity index (χ3v) is 7.73. The van der Waals surface area contributed by atoms with Crippen molar-refractivity contribution in [1.29, 1.82) is 0 Å². The molecule has 0 aliphatic carbocycles. The predicted molar refractivity (Wildman–Crippen MR) is 124 cm³/mol. The first-order chi connectivity index (χ1) is 15.1. The molecule has 0 saturated heterocycles.